The molecule has 1 amide bonds. The van der Waals surface area contributed by atoms with Gasteiger partial charge in [0.05, 0.1) is 0 Å². The van der Waals surface area contributed by atoms with E-state index in [2.05, 4.69) is 21.2 Å². The normalized spacial score (nSPS) is 23.2. The van der Waals surface area contributed by atoms with Gasteiger partial charge in [0.15, 0.2) is 0 Å². The fraction of sp³-hybridized carbons (Fsp3) is 0.533. The van der Waals surface area contributed by atoms with Crippen LogP contribution in [-0.4, -0.2) is 11.9 Å². The molecule has 0 radical (unpaired) electrons. The van der Waals surface area contributed by atoms with E-state index in [0.29, 0.717) is 0 Å². The molecule has 1 saturated carbocycles. The highest BCUT2D eigenvalue weighted by Crippen LogP contribution is 2.27. The van der Waals surface area contributed by atoms with Crippen molar-refractivity contribution in [2.45, 2.75) is 45.6 Å². The van der Waals surface area contributed by atoms with Crippen LogP contribution >= 0.6 is 15.9 Å². The summed E-state index contributed by atoms with van der Waals surface area (Å²) in [6.07, 6.45) is 3.85. The predicted octanol–water partition coefficient (Wildman–Crippen LogP) is 3.52. The first kappa shape index (κ1) is 14.5. The highest BCUT2D eigenvalue weighted by molar-refractivity contribution is 9.10. The lowest BCUT2D eigenvalue weighted by Gasteiger charge is -2.25. The van der Waals surface area contributed by atoms with Gasteiger partial charge in [-0.25, -0.2) is 0 Å². The SMILES string of the molecule is Cc1cc(NC(=O)C2CCCC(N)C2)cc(C)c1Br. The zero-order valence-corrected chi connectivity index (χ0v) is 13.1. The van der Waals surface area contributed by atoms with Crippen LogP contribution in [0.3, 0.4) is 0 Å². The molecule has 0 heterocycles. The minimum Gasteiger partial charge on any atom is -0.328 e. The summed E-state index contributed by atoms with van der Waals surface area (Å²) in [7, 11) is 0. The summed E-state index contributed by atoms with van der Waals surface area (Å²) < 4.78 is 1.10. The van der Waals surface area contributed by atoms with E-state index < -0.39 is 0 Å². The standard InChI is InChI=1S/C15H21BrN2O/c1-9-6-13(7-10(2)14(9)16)18-15(19)11-4-3-5-12(17)8-11/h6-7,11-12H,3-5,8,17H2,1-2H3,(H,18,19). The van der Waals surface area contributed by atoms with Crippen molar-refractivity contribution in [2.75, 3.05) is 5.32 Å². The molecule has 104 valence electrons. The first-order chi connectivity index (χ1) is 8.97. The molecule has 1 aliphatic rings. The van der Waals surface area contributed by atoms with E-state index in [4.69, 9.17) is 5.73 Å². The van der Waals surface area contributed by atoms with Gasteiger partial charge in [0.2, 0.25) is 5.91 Å². The number of anilines is 1. The van der Waals surface area contributed by atoms with Crippen LogP contribution in [0.2, 0.25) is 0 Å². The Morgan fingerprint density at radius 3 is 2.53 bits per heavy atom. The first-order valence-corrected chi connectivity index (χ1v) is 7.60. The molecular formula is C15H21BrN2O. The Labute approximate surface area is 123 Å². The molecule has 1 aliphatic carbocycles. The van der Waals surface area contributed by atoms with E-state index in [1.54, 1.807) is 0 Å². The summed E-state index contributed by atoms with van der Waals surface area (Å²) in [5.74, 6) is 0.171. The lowest BCUT2D eigenvalue weighted by atomic mass is 9.85. The molecule has 1 aromatic rings. The molecule has 0 aliphatic heterocycles. The topological polar surface area (TPSA) is 55.1 Å². The van der Waals surface area contributed by atoms with Crippen molar-refractivity contribution >= 4 is 27.5 Å². The number of benzene rings is 1. The molecule has 2 rings (SSSR count). The van der Waals surface area contributed by atoms with E-state index in [1.165, 1.54) is 0 Å². The van der Waals surface area contributed by atoms with Crippen LogP contribution in [0.25, 0.3) is 0 Å². The second-order valence-electron chi connectivity index (χ2n) is 5.54. The average Bonchev–Trinajstić information content (AvgIpc) is 2.36. The predicted molar refractivity (Wildman–Crippen MR) is 82.2 cm³/mol. The Morgan fingerprint density at radius 1 is 1.32 bits per heavy atom. The van der Waals surface area contributed by atoms with Crippen LogP contribution < -0.4 is 11.1 Å². The Balaban J connectivity index is 2.06. The number of aryl methyl sites for hydroxylation is 2. The zero-order chi connectivity index (χ0) is 14.0. The molecular weight excluding hydrogens is 304 g/mol. The summed E-state index contributed by atoms with van der Waals surface area (Å²) in [4.78, 5) is 12.2. The van der Waals surface area contributed by atoms with Crippen molar-refractivity contribution in [1.82, 2.24) is 0 Å². The number of rotatable bonds is 2. The van der Waals surface area contributed by atoms with E-state index in [0.717, 1.165) is 47.0 Å². The monoisotopic (exact) mass is 324 g/mol. The maximum absolute atomic E-state index is 12.2. The number of halogens is 1. The van der Waals surface area contributed by atoms with Gasteiger partial charge in [0.1, 0.15) is 0 Å². The third-order valence-electron chi connectivity index (χ3n) is 3.79. The maximum Gasteiger partial charge on any atom is 0.227 e. The molecule has 3 N–H and O–H groups in total. The van der Waals surface area contributed by atoms with Crippen LogP contribution in [0.15, 0.2) is 16.6 Å². The van der Waals surface area contributed by atoms with Gasteiger partial charge in [-0.05, 0) is 56.4 Å². The molecule has 0 spiro atoms. The second kappa shape index (κ2) is 6.06. The van der Waals surface area contributed by atoms with Crippen molar-refractivity contribution in [2.24, 2.45) is 11.7 Å². The van der Waals surface area contributed by atoms with Crippen molar-refractivity contribution in [3.63, 3.8) is 0 Å². The minimum atomic E-state index is 0.0630. The lowest BCUT2D eigenvalue weighted by Crippen LogP contribution is -2.34. The number of hydrogen-bond donors (Lipinski definition) is 2. The lowest BCUT2D eigenvalue weighted by molar-refractivity contribution is -0.120. The van der Waals surface area contributed by atoms with Gasteiger partial charge in [0, 0.05) is 22.1 Å². The number of carbonyl (C=O) groups excluding carboxylic acids is 1. The molecule has 1 fully saturated rings. The molecule has 1 aromatic carbocycles. The van der Waals surface area contributed by atoms with Gasteiger partial charge in [-0.2, -0.15) is 0 Å². The Hall–Kier alpha value is -0.870. The molecule has 0 saturated heterocycles. The zero-order valence-electron chi connectivity index (χ0n) is 11.5. The number of hydrogen-bond acceptors (Lipinski definition) is 2. The van der Waals surface area contributed by atoms with E-state index in [1.807, 2.05) is 26.0 Å². The van der Waals surface area contributed by atoms with Gasteiger partial charge < -0.3 is 11.1 Å². The van der Waals surface area contributed by atoms with Crippen LogP contribution in [0.1, 0.15) is 36.8 Å². The van der Waals surface area contributed by atoms with Crippen LogP contribution in [0.5, 0.6) is 0 Å². The van der Waals surface area contributed by atoms with Crippen molar-refractivity contribution in [3.05, 3.63) is 27.7 Å². The fourth-order valence-electron chi connectivity index (χ4n) is 2.73. The fourth-order valence-corrected chi connectivity index (χ4v) is 2.96. The van der Waals surface area contributed by atoms with E-state index in [-0.39, 0.29) is 17.9 Å². The highest BCUT2D eigenvalue weighted by atomic mass is 79.9. The highest BCUT2D eigenvalue weighted by Gasteiger charge is 2.25. The molecule has 0 aromatic heterocycles. The first-order valence-electron chi connectivity index (χ1n) is 6.80. The van der Waals surface area contributed by atoms with Gasteiger partial charge in [-0.1, -0.05) is 22.4 Å². The molecule has 2 atom stereocenters. The minimum absolute atomic E-state index is 0.0630. The van der Waals surface area contributed by atoms with Gasteiger partial charge in [-0.3, -0.25) is 4.79 Å². The van der Waals surface area contributed by atoms with Crippen LogP contribution in [-0.2, 0) is 4.79 Å². The summed E-state index contributed by atoms with van der Waals surface area (Å²) in [6.45, 7) is 4.06. The molecule has 0 bridgehead atoms. The number of nitrogens with one attached hydrogen (secondary N) is 1. The third-order valence-corrected chi connectivity index (χ3v) is 5.04. The number of amides is 1. The number of nitrogens with two attached hydrogens (primary N) is 1. The summed E-state index contributed by atoms with van der Waals surface area (Å²) in [5, 5.41) is 3.03. The van der Waals surface area contributed by atoms with Gasteiger partial charge in [0.25, 0.3) is 0 Å². The smallest absolute Gasteiger partial charge is 0.227 e. The Morgan fingerprint density at radius 2 is 1.95 bits per heavy atom. The molecule has 3 nitrogen and oxygen atoms in total. The Bertz CT molecular complexity index is 464. The summed E-state index contributed by atoms with van der Waals surface area (Å²) in [5.41, 5.74) is 9.09. The van der Waals surface area contributed by atoms with E-state index >= 15 is 0 Å². The van der Waals surface area contributed by atoms with Gasteiger partial charge in [-0.15, -0.1) is 0 Å². The van der Waals surface area contributed by atoms with Crippen molar-refractivity contribution < 1.29 is 4.79 Å². The van der Waals surface area contributed by atoms with E-state index in [9.17, 15) is 4.79 Å². The summed E-state index contributed by atoms with van der Waals surface area (Å²) >= 11 is 3.53. The second-order valence-corrected chi connectivity index (χ2v) is 6.33. The molecule has 4 heteroatoms. The summed E-state index contributed by atoms with van der Waals surface area (Å²) in [6, 6.07) is 4.17. The van der Waals surface area contributed by atoms with Gasteiger partial charge >= 0.3 is 0 Å². The number of carbonyl (C=O) groups is 1. The largest absolute Gasteiger partial charge is 0.328 e. The quantitative estimate of drug-likeness (QED) is 0.874. The van der Waals surface area contributed by atoms with Crippen LogP contribution in [0.4, 0.5) is 5.69 Å². The van der Waals surface area contributed by atoms with Crippen molar-refractivity contribution in [3.8, 4) is 0 Å². The Kier molecular flexibility index (Phi) is 4.63. The maximum atomic E-state index is 12.2. The van der Waals surface area contributed by atoms with Crippen LogP contribution in [0, 0.1) is 19.8 Å². The molecule has 19 heavy (non-hydrogen) atoms. The third kappa shape index (κ3) is 3.57. The molecule has 2 unspecified atom stereocenters. The van der Waals surface area contributed by atoms with Crippen molar-refractivity contribution in [1.29, 1.82) is 0 Å². The average molecular weight is 325 g/mol.